The van der Waals surface area contributed by atoms with Crippen molar-refractivity contribution in [3.63, 3.8) is 0 Å². The summed E-state index contributed by atoms with van der Waals surface area (Å²) in [5.74, 6) is 5.92. The predicted octanol–water partition coefficient (Wildman–Crippen LogP) is 1.66. The maximum atomic E-state index is 12.4. The first-order valence-electron chi connectivity index (χ1n) is 8.79. The Kier molecular flexibility index (Phi) is 4.86. The summed E-state index contributed by atoms with van der Waals surface area (Å²) in [6.07, 6.45) is 0.960. The van der Waals surface area contributed by atoms with E-state index in [-0.39, 0.29) is 35.3 Å². The molecule has 10 heteroatoms. The summed E-state index contributed by atoms with van der Waals surface area (Å²) >= 11 is 5.96. The van der Waals surface area contributed by atoms with Crippen molar-refractivity contribution in [2.45, 2.75) is 18.9 Å². The third-order valence-corrected chi connectivity index (χ3v) is 4.62. The van der Waals surface area contributed by atoms with Gasteiger partial charge in [-0.05, 0) is 30.9 Å². The molecule has 0 aliphatic heterocycles. The molecular formula is C19H15ClN5O4-. The van der Waals surface area contributed by atoms with Crippen LogP contribution in [0.4, 0.5) is 4.79 Å². The molecule has 2 aromatic heterocycles. The molecule has 1 N–H and O–H groups in total. The van der Waals surface area contributed by atoms with Gasteiger partial charge in [0.05, 0.1) is 17.6 Å². The van der Waals surface area contributed by atoms with Crippen molar-refractivity contribution in [1.29, 1.82) is 0 Å². The van der Waals surface area contributed by atoms with Gasteiger partial charge in [-0.25, -0.2) is 14.8 Å². The number of ether oxygens (including phenoxy) is 1. The molecule has 148 valence electrons. The highest BCUT2D eigenvalue weighted by Gasteiger charge is 2.26. The Balaban J connectivity index is 1.47. The minimum absolute atomic E-state index is 0.0349. The zero-order chi connectivity index (χ0) is 20.5. The molecular weight excluding hydrogens is 398 g/mol. The first kappa shape index (κ1) is 18.8. The highest BCUT2D eigenvalue weighted by Crippen LogP contribution is 2.35. The van der Waals surface area contributed by atoms with Crippen LogP contribution in [-0.4, -0.2) is 44.1 Å². The molecule has 9 nitrogen and oxygen atoms in total. The first-order chi connectivity index (χ1) is 13.9. The Hall–Kier alpha value is -3.51. The Morgan fingerprint density at radius 1 is 1.41 bits per heavy atom. The Morgan fingerprint density at radius 2 is 2.17 bits per heavy atom. The van der Waals surface area contributed by atoms with E-state index in [0.29, 0.717) is 5.02 Å². The third kappa shape index (κ3) is 3.88. The number of carbonyl (C=O) groups is 1. The van der Waals surface area contributed by atoms with Gasteiger partial charge in [-0.15, -0.1) is 0 Å². The van der Waals surface area contributed by atoms with E-state index in [0.717, 1.165) is 17.4 Å². The number of nitrogens with one attached hydrogen (secondary N) is 1. The number of nitrogens with zero attached hydrogens (tertiary/aromatic N) is 4. The van der Waals surface area contributed by atoms with Gasteiger partial charge in [-0.2, -0.15) is 0 Å². The number of halogens is 1. The van der Waals surface area contributed by atoms with E-state index >= 15 is 0 Å². The van der Waals surface area contributed by atoms with Crippen LogP contribution in [0.3, 0.4) is 0 Å². The Labute approximate surface area is 169 Å². The second-order valence-electron chi connectivity index (χ2n) is 6.54. The van der Waals surface area contributed by atoms with Crippen LogP contribution in [0.5, 0.6) is 11.8 Å². The minimum atomic E-state index is -0.623. The molecule has 1 saturated carbocycles. The molecule has 2 heterocycles. The van der Waals surface area contributed by atoms with Crippen molar-refractivity contribution < 1.29 is 14.6 Å². The average molecular weight is 413 g/mol. The monoisotopic (exact) mass is 412 g/mol. The normalized spacial score (nSPS) is 13.0. The first-order valence-corrected chi connectivity index (χ1v) is 9.17. The van der Waals surface area contributed by atoms with E-state index in [9.17, 15) is 14.7 Å². The number of rotatable bonds is 3. The molecule has 1 fully saturated rings. The molecule has 0 atom stereocenters. The molecule has 29 heavy (non-hydrogen) atoms. The lowest BCUT2D eigenvalue weighted by Gasteiger charge is -2.14. The van der Waals surface area contributed by atoms with Crippen LogP contribution in [0.15, 0.2) is 29.1 Å². The van der Waals surface area contributed by atoms with Gasteiger partial charge in [0.25, 0.3) is 5.56 Å². The number of carbonyl (C=O) groups excluding carboxylic acids is 1. The number of fused-ring (bicyclic) bond motifs is 1. The average Bonchev–Trinajstić information content (AvgIpc) is 3.43. The van der Waals surface area contributed by atoms with Gasteiger partial charge >= 0.3 is 6.09 Å². The molecule has 3 aromatic rings. The summed E-state index contributed by atoms with van der Waals surface area (Å²) in [5, 5.41) is 12.3. The van der Waals surface area contributed by atoms with Crippen LogP contribution in [-0.2, 0) is 0 Å². The maximum absolute atomic E-state index is 12.4. The summed E-state index contributed by atoms with van der Waals surface area (Å²) in [6.45, 7) is 0.0485. The van der Waals surface area contributed by atoms with Crippen LogP contribution >= 0.6 is 11.6 Å². The smallest absolute Gasteiger partial charge is 0.415 e. The van der Waals surface area contributed by atoms with Crippen LogP contribution in [0.1, 0.15) is 24.7 Å². The summed E-state index contributed by atoms with van der Waals surface area (Å²) in [5.41, 5.74) is -0.261. The zero-order valence-corrected chi connectivity index (χ0v) is 16.1. The quantitative estimate of drug-likeness (QED) is 0.654. The molecule has 0 spiro atoms. The fourth-order valence-corrected chi connectivity index (χ4v) is 2.84. The lowest BCUT2D eigenvalue weighted by atomic mass is 10.3. The van der Waals surface area contributed by atoms with Gasteiger partial charge in [0.15, 0.2) is 22.7 Å². The van der Waals surface area contributed by atoms with Gasteiger partial charge in [-0.1, -0.05) is 29.7 Å². The number of H-pyrrole nitrogens is 1. The highest BCUT2D eigenvalue weighted by atomic mass is 35.5. The Morgan fingerprint density at radius 3 is 2.90 bits per heavy atom. The summed E-state index contributed by atoms with van der Waals surface area (Å²) in [7, 11) is 1.52. The lowest BCUT2D eigenvalue weighted by molar-refractivity contribution is -0.286. The van der Waals surface area contributed by atoms with E-state index in [1.807, 2.05) is 0 Å². The fourth-order valence-electron chi connectivity index (χ4n) is 2.67. The molecule has 0 bridgehead atoms. The largest absolute Gasteiger partial charge is 0.846 e. The molecule has 1 aromatic carbocycles. The van der Waals surface area contributed by atoms with Crippen molar-refractivity contribution in [1.82, 2.24) is 24.4 Å². The minimum Gasteiger partial charge on any atom is -0.846 e. The van der Waals surface area contributed by atoms with E-state index in [1.54, 1.807) is 24.3 Å². The second kappa shape index (κ2) is 7.48. The SMILES string of the molecule is CN(CC#Cc1nc2nc([O-])n(C3CC3)c(=O)c2[nH]1)C(=O)Oc1ccccc1Cl. The zero-order valence-electron chi connectivity index (χ0n) is 15.3. The molecule has 1 amide bonds. The number of hydrogen-bond acceptors (Lipinski definition) is 6. The van der Waals surface area contributed by atoms with Crippen molar-refractivity contribution in [2.75, 3.05) is 13.6 Å². The lowest BCUT2D eigenvalue weighted by Crippen LogP contribution is -2.30. The van der Waals surface area contributed by atoms with E-state index < -0.39 is 17.7 Å². The van der Waals surface area contributed by atoms with Gasteiger partial charge in [-0.3, -0.25) is 9.69 Å². The van der Waals surface area contributed by atoms with Gasteiger partial charge in [0.1, 0.15) is 0 Å². The second-order valence-corrected chi connectivity index (χ2v) is 6.95. The number of imidazole rings is 1. The van der Waals surface area contributed by atoms with E-state index in [1.165, 1.54) is 11.9 Å². The van der Waals surface area contributed by atoms with Gasteiger partial charge < -0.3 is 19.4 Å². The van der Waals surface area contributed by atoms with Crippen molar-refractivity contribution in [3.8, 4) is 23.6 Å². The molecule has 1 aliphatic rings. The van der Waals surface area contributed by atoms with E-state index in [2.05, 4.69) is 26.8 Å². The third-order valence-electron chi connectivity index (χ3n) is 4.31. The van der Waals surface area contributed by atoms with Crippen molar-refractivity contribution in [2.24, 2.45) is 0 Å². The summed E-state index contributed by atoms with van der Waals surface area (Å²) in [6, 6.07) is 5.95. The van der Waals surface area contributed by atoms with Gasteiger partial charge in [0.2, 0.25) is 0 Å². The van der Waals surface area contributed by atoms with Crippen LogP contribution in [0.2, 0.25) is 5.02 Å². The number of aromatic nitrogens is 4. The maximum Gasteiger partial charge on any atom is 0.415 e. The summed E-state index contributed by atoms with van der Waals surface area (Å²) < 4.78 is 6.35. The van der Waals surface area contributed by atoms with Crippen molar-refractivity contribution >= 4 is 28.9 Å². The number of para-hydroxylation sites is 1. The van der Waals surface area contributed by atoms with Crippen molar-refractivity contribution in [3.05, 3.63) is 45.5 Å². The predicted molar refractivity (Wildman–Crippen MR) is 103 cm³/mol. The molecule has 0 saturated heterocycles. The fraction of sp³-hybridized carbons (Fsp3) is 0.263. The number of aromatic amines is 1. The van der Waals surface area contributed by atoms with Gasteiger partial charge in [0, 0.05) is 13.1 Å². The standard InChI is InChI=1S/C19H16ClN5O4/c1-24(19(28)29-13-6-3-2-5-12(13)20)10-4-7-14-21-15-16(22-14)23-18(27)25(17(15)26)11-8-9-11/h2-3,5-6,11H,8-10H2,1H3,(H,21,22)(H,23,27)/p-1. The molecule has 0 unspecified atom stereocenters. The van der Waals surface area contributed by atoms with Crippen LogP contribution < -0.4 is 15.4 Å². The number of amides is 1. The number of benzene rings is 1. The topological polar surface area (TPSA) is 116 Å². The molecule has 0 radical (unpaired) electrons. The number of hydrogen-bond donors (Lipinski definition) is 1. The van der Waals surface area contributed by atoms with E-state index in [4.69, 9.17) is 16.3 Å². The molecule has 4 rings (SSSR count). The highest BCUT2D eigenvalue weighted by molar-refractivity contribution is 6.32. The molecule has 1 aliphatic carbocycles. The van der Waals surface area contributed by atoms with Crippen LogP contribution in [0.25, 0.3) is 11.2 Å². The summed E-state index contributed by atoms with van der Waals surface area (Å²) in [4.78, 5) is 36.5. The van der Waals surface area contributed by atoms with Crippen LogP contribution in [0, 0.1) is 11.8 Å². The Bertz CT molecular complexity index is 1220.